The Morgan fingerprint density at radius 3 is 2.71 bits per heavy atom. The first-order valence-electron chi connectivity index (χ1n) is 5.24. The van der Waals surface area contributed by atoms with Crippen molar-refractivity contribution in [2.75, 3.05) is 6.61 Å². The number of rotatable bonds is 5. The lowest BCUT2D eigenvalue weighted by Crippen LogP contribution is -2.30. The zero-order valence-electron chi connectivity index (χ0n) is 9.77. The molecule has 1 amide bonds. The Morgan fingerprint density at radius 2 is 2.12 bits per heavy atom. The highest BCUT2D eigenvalue weighted by Crippen LogP contribution is 2.13. The summed E-state index contributed by atoms with van der Waals surface area (Å²) in [7, 11) is 0. The minimum absolute atomic E-state index is 0.0473. The number of carbonyl (C=O) groups is 2. The van der Waals surface area contributed by atoms with E-state index in [1.807, 2.05) is 13.8 Å². The van der Waals surface area contributed by atoms with Crippen molar-refractivity contribution in [1.82, 2.24) is 5.32 Å². The van der Waals surface area contributed by atoms with Gasteiger partial charge in [0.25, 0.3) is 5.91 Å². The number of ether oxygens (including phenoxy) is 1. The minimum atomic E-state index is -1.05. The van der Waals surface area contributed by atoms with Gasteiger partial charge in [-0.2, -0.15) is 0 Å². The molecule has 2 N–H and O–H groups in total. The van der Waals surface area contributed by atoms with Gasteiger partial charge >= 0.3 is 5.97 Å². The predicted octanol–water partition coefficient (Wildman–Crippen LogP) is 1.29. The van der Waals surface area contributed by atoms with Crippen LogP contribution in [0.25, 0.3) is 0 Å². The van der Waals surface area contributed by atoms with Gasteiger partial charge in [-0.15, -0.1) is 0 Å². The Balaban J connectivity index is 2.71. The SMILES string of the molecule is CC(C)NC(=O)c1cccc(OCC(=O)O)c1. The van der Waals surface area contributed by atoms with Crippen molar-refractivity contribution >= 4 is 11.9 Å². The van der Waals surface area contributed by atoms with E-state index >= 15 is 0 Å². The highest BCUT2D eigenvalue weighted by atomic mass is 16.5. The fourth-order valence-electron chi connectivity index (χ4n) is 1.22. The summed E-state index contributed by atoms with van der Waals surface area (Å²) in [5, 5.41) is 11.2. The number of hydrogen-bond donors (Lipinski definition) is 2. The van der Waals surface area contributed by atoms with Crippen molar-refractivity contribution in [1.29, 1.82) is 0 Å². The molecule has 0 atom stereocenters. The van der Waals surface area contributed by atoms with Crippen LogP contribution in [0, 0.1) is 0 Å². The number of benzene rings is 1. The smallest absolute Gasteiger partial charge is 0.341 e. The van der Waals surface area contributed by atoms with Crippen molar-refractivity contribution in [2.45, 2.75) is 19.9 Å². The second-order valence-corrected chi connectivity index (χ2v) is 3.84. The molecule has 0 bridgehead atoms. The number of carboxylic acid groups (broad SMARTS) is 1. The first-order chi connectivity index (χ1) is 7.99. The third-order valence-electron chi connectivity index (χ3n) is 1.88. The number of carboxylic acids is 1. The van der Waals surface area contributed by atoms with Crippen LogP contribution >= 0.6 is 0 Å². The molecule has 0 saturated heterocycles. The fourth-order valence-corrected chi connectivity index (χ4v) is 1.22. The lowest BCUT2D eigenvalue weighted by Gasteiger charge is -2.09. The van der Waals surface area contributed by atoms with Crippen molar-refractivity contribution in [2.24, 2.45) is 0 Å². The molecule has 5 nitrogen and oxygen atoms in total. The molecule has 0 aliphatic rings. The van der Waals surface area contributed by atoms with E-state index in [0.29, 0.717) is 11.3 Å². The Bertz CT molecular complexity index is 415. The Kier molecular flexibility index (Phi) is 4.51. The van der Waals surface area contributed by atoms with Crippen molar-refractivity contribution in [3.05, 3.63) is 29.8 Å². The van der Waals surface area contributed by atoms with E-state index in [-0.39, 0.29) is 11.9 Å². The van der Waals surface area contributed by atoms with Gasteiger partial charge in [0.1, 0.15) is 5.75 Å². The van der Waals surface area contributed by atoms with Crippen LogP contribution in [-0.2, 0) is 4.79 Å². The molecule has 0 fully saturated rings. The number of aliphatic carboxylic acids is 1. The average molecular weight is 237 g/mol. The van der Waals surface area contributed by atoms with E-state index in [1.165, 1.54) is 6.07 Å². The Hall–Kier alpha value is -2.04. The maximum absolute atomic E-state index is 11.7. The van der Waals surface area contributed by atoms with Gasteiger partial charge in [-0.1, -0.05) is 6.07 Å². The van der Waals surface area contributed by atoms with Gasteiger partial charge in [0.05, 0.1) is 0 Å². The Morgan fingerprint density at radius 1 is 1.41 bits per heavy atom. The van der Waals surface area contributed by atoms with E-state index in [0.717, 1.165) is 0 Å². The molecule has 0 heterocycles. The summed E-state index contributed by atoms with van der Waals surface area (Å²) >= 11 is 0. The third kappa shape index (κ3) is 4.55. The first-order valence-corrected chi connectivity index (χ1v) is 5.24. The highest BCUT2D eigenvalue weighted by Gasteiger charge is 2.08. The summed E-state index contributed by atoms with van der Waals surface area (Å²) in [5.74, 6) is -0.897. The second-order valence-electron chi connectivity index (χ2n) is 3.84. The summed E-state index contributed by atoms with van der Waals surface area (Å²) in [4.78, 5) is 22.0. The van der Waals surface area contributed by atoms with Crippen LogP contribution in [0.5, 0.6) is 5.75 Å². The molecule has 0 radical (unpaired) electrons. The van der Waals surface area contributed by atoms with Gasteiger partial charge < -0.3 is 15.2 Å². The van der Waals surface area contributed by atoms with Crippen LogP contribution in [0.2, 0.25) is 0 Å². The lowest BCUT2D eigenvalue weighted by molar-refractivity contribution is -0.139. The molecule has 0 aromatic heterocycles. The molecular weight excluding hydrogens is 222 g/mol. The highest BCUT2D eigenvalue weighted by molar-refractivity contribution is 5.94. The zero-order chi connectivity index (χ0) is 12.8. The van der Waals surface area contributed by atoms with Gasteiger partial charge in [0.15, 0.2) is 6.61 Å². The molecule has 1 rings (SSSR count). The standard InChI is InChI=1S/C12H15NO4/c1-8(2)13-12(16)9-4-3-5-10(6-9)17-7-11(14)15/h3-6,8H,7H2,1-2H3,(H,13,16)(H,14,15). The Labute approximate surface area is 99.4 Å². The minimum Gasteiger partial charge on any atom is -0.482 e. The predicted molar refractivity (Wildman–Crippen MR) is 62.2 cm³/mol. The molecule has 0 unspecified atom stereocenters. The van der Waals surface area contributed by atoms with E-state index in [1.54, 1.807) is 18.2 Å². The van der Waals surface area contributed by atoms with Crippen LogP contribution in [0.4, 0.5) is 0 Å². The van der Waals surface area contributed by atoms with E-state index in [2.05, 4.69) is 5.32 Å². The lowest BCUT2D eigenvalue weighted by atomic mass is 10.2. The number of hydrogen-bond acceptors (Lipinski definition) is 3. The van der Waals surface area contributed by atoms with E-state index in [9.17, 15) is 9.59 Å². The van der Waals surface area contributed by atoms with Crippen molar-refractivity contribution < 1.29 is 19.4 Å². The van der Waals surface area contributed by atoms with Gasteiger partial charge in [-0.05, 0) is 32.0 Å². The molecule has 0 aliphatic carbocycles. The maximum Gasteiger partial charge on any atom is 0.341 e. The van der Waals surface area contributed by atoms with Crippen LogP contribution in [-0.4, -0.2) is 29.6 Å². The third-order valence-corrected chi connectivity index (χ3v) is 1.88. The van der Waals surface area contributed by atoms with Crippen molar-refractivity contribution in [3.63, 3.8) is 0 Å². The number of nitrogens with one attached hydrogen (secondary N) is 1. The summed E-state index contributed by atoms with van der Waals surface area (Å²) < 4.78 is 4.98. The molecule has 0 aliphatic heterocycles. The van der Waals surface area contributed by atoms with Crippen LogP contribution in [0.3, 0.4) is 0 Å². The van der Waals surface area contributed by atoms with Gasteiger partial charge in [0.2, 0.25) is 0 Å². The zero-order valence-corrected chi connectivity index (χ0v) is 9.77. The number of carbonyl (C=O) groups excluding carboxylic acids is 1. The normalized spacial score (nSPS) is 10.1. The molecule has 5 heteroatoms. The molecule has 17 heavy (non-hydrogen) atoms. The summed E-state index contributed by atoms with van der Waals surface area (Å²) in [6.07, 6.45) is 0. The second kappa shape index (κ2) is 5.89. The number of amides is 1. The summed E-state index contributed by atoms with van der Waals surface area (Å²) in [5.41, 5.74) is 0.446. The topological polar surface area (TPSA) is 75.6 Å². The molecule has 0 saturated carbocycles. The quantitative estimate of drug-likeness (QED) is 0.809. The average Bonchev–Trinajstić information content (AvgIpc) is 2.26. The molecule has 1 aromatic rings. The van der Waals surface area contributed by atoms with Crippen LogP contribution in [0.15, 0.2) is 24.3 Å². The van der Waals surface area contributed by atoms with Gasteiger partial charge in [0, 0.05) is 11.6 Å². The summed E-state index contributed by atoms with van der Waals surface area (Å²) in [6.45, 7) is 3.31. The van der Waals surface area contributed by atoms with Crippen LogP contribution < -0.4 is 10.1 Å². The van der Waals surface area contributed by atoms with Crippen molar-refractivity contribution in [3.8, 4) is 5.75 Å². The largest absolute Gasteiger partial charge is 0.482 e. The van der Waals surface area contributed by atoms with E-state index < -0.39 is 12.6 Å². The van der Waals surface area contributed by atoms with Crippen LogP contribution in [0.1, 0.15) is 24.2 Å². The first kappa shape index (κ1) is 13.0. The van der Waals surface area contributed by atoms with Gasteiger partial charge in [-0.25, -0.2) is 4.79 Å². The van der Waals surface area contributed by atoms with Gasteiger partial charge in [-0.3, -0.25) is 4.79 Å². The molecule has 1 aromatic carbocycles. The maximum atomic E-state index is 11.7. The molecule has 92 valence electrons. The summed E-state index contributed by atoms with van der Waals surface area (Å²) in [6, 6.07) is 6.46. The molecule has 0 spiro atoms. The fraction of sp³-hybridized carbons (Fsp3) is 0.333. The molecular formula is C12H15NO4. The van der Waals surface area contributed by atoms with E-state index in [4.69, 9.17) is 9.84 Å². The monoisotopic (exact) mass is 237 g/mol.